The molecule has 0 saturated carbocycles. The first-order valence-electron chi connectivity index (χ1n) is 7.26. The summed E-state index contributed by atoms with van der Waals surface area (Å²) in [6, 6.07) is 8.90. The van der Waals surface area contributed by atoms with Crippen LogP contribution in [0, 0.1) is 0 Å². The number of hydrogen-bond acceptors (Lipinski definition) is 6. The van der Waals surface area contributed by atoms with E-state index < -0.39 is 18.1 Å². The molecule has 0 aliphatic carbocycles. The summed E-state index contributed by atoms with van der Waals surface area (Å²) < 4.78 is 9.79. The summed E-state index contributed by atoms with van der Waals surface area (Å²) in [4.78, 5) is 27.6. The van der Waals surface area contributed by atoms with Crippen LogP contribution in [0.2, 0.25) is 0 Å². The van der Waals surface area contributed by atoms with Gasteiger partial charge in [-0.2, -0.15) is 0 Å². The number of aromatic hydroxyl groups is 1. The number of phenols is 1. The number of carbonyl (C=O) groups excluding carboxylic acids is 2. The smallest absolute Gasteiger partial charge is 0.408 e. The molecule has 1 aromatic carbocycles. The first kappa shape index (κ1) is 17.3. The maximum absolute atomic E-state index is 11.9. The lowest BCUT2D eigenvalue weighted by atomic mass is 10.1. The molecule has 1 amide bonds. The lowest BCUT2D eigenvalue weighted by molar-refractivity contribution is -0.143. The largest absolute Gasteiger partial charge is 0.508 e. The van der Waals surface area contributed by atoms with Gasteiger partial charge in [0.1, 0.15) is 18.4 Å². The van der Waals surface area contributed by atoms with E-state index in [1.807, 2.05) is 0 Å². The molecular weight excluding hydrogens is 312 g/mol. The summed E-state index contributed by atoms with van der Waals surface area (Å²) in [5, 5.41) is 11.8. The van der Waals surface area contributed by atoms with E-state index in [4.69, 9.17) is 9.47 Å². The number of benzene rings is 1. The van der Waals surface area contributed by atoms with Crippen LogP contribution in [0.4, 0.5) is 4.79 Å². The second-order valence-electron chi connectivity index (χ2n) is 5.02. The van der Waals surface area contributed by atoms with Crippen LogP contribution in [0.25, 0.3) is 0 Å². The van der Waals surface area contributed by atoms with Crippen molar-refractivity contribution in [1.82, 2.24) is 10.3 Å². The molecule has 7 nitrogen and oxygen atoms in total. The van der Waals surface area contributed by atoms with E-state index in [2.05, 4.69) is 10.3 Å². The number of amides is 1. The van der Waals surface area contributed by atoms with Crippen molar-refractivity contribution in [3.8, 4) is 5.75 Å². The Hall–Kier alpha value is -3.09. The van der Waals surface area contributed by atoms with Crippen LogP contribution in [0.15, 0.2) is 48.8 Å². The summed E-state index contributed by atoms with van der Waals surface area (Å²) in [5.41, 5.74) is 1.55. The Morgan fingerprint density at radius 1 is 1.12 bits per heavy atom. The maximum atomic E-state index is 11.9. The number of ether oxygens (including phenoxy) is 2. The zero-order valence-corrected chi connectivity index (χ0v) is 13.1. The van der Waals surface area contributed by atoms with Crippen LogP contribution in [0.1, 0.15) is 11.1 Å². The van der Waals surface area contributed by atoms with Crippen LogP contribution in [0.3, 0.4) is 0 Å². The Morgan fingerprint density at radius 2 is 1.79 bits per heavy atom. The molecule has 0 radical (unpaired) electrons. The van der Waals surface area contributed by atoms with Crippen LogP contribution in [0.5, 0.6) is 5.75 Å². The molecule has 0 aliphatic rings. The lowest BCUT2D eigenvalue weighted by Gasteiger charge is -2.16. The lowest BCUT2D eigenvalue weighted by Crippen LogP contribution is -2.43. The number of nitrogens with one attached hydrogen (secondary N) is 1. The number of phenolic OH excluding ortho intramolecular Hbond substituents is 1. The van der Waals surface area contributed by atoms with E-state index in [0.29, 0.717) is 0 Å². The van der Waals surface area contributed by atoms with Crippen LogP contribution < -0.4 is 5.32 Å². The van der Waals surface area contributed by atoms with Gasteiger partial charge in [0.2, 0.25) is 0 Å². The number of carbonyl (C=O) groups is 2. The van der Waals surface area contributed by atoms with Gasteiger partial charge < -0.3 is 19.9 Å². The van der Waals surface area contributed by atoms with Crippen molar-refractivity contribution < 1.29 is 24.2 Å². The SMILES string of the molecule is COC(=O)C(Cc1ccc(O)cc1)NC(=O)OCc1ccncc1. The minimum atomic E-state index is -0.885. The highest BCUT2D eigenvalue weighted by atomic mass is 16.6. The highest BCUT2D eigenvalue weighted by Gasteiger charge is 2.22. The molecule has 2 rings (SSSR count). The van der Waals surface area contributed by atoms with Gasteiger partial charge in [-0.1, -0.05) is 12.1 Å². The molecule has 0 saturated heterocycles. The Morgan fingerprint density at radius 3 is 2.42 bits per heavy atom. The van der Waals surface area contributed by atoms with Crippen molar-refractivity contribution in [1.29, 1.82) is 0 Å². The Labute approximate surface area is 139 Å². The Kier molecular flexibility index (Phi) is 6.13. The second-order valence-corrected chi connectivity index (χ2v) is 5.02. The molecule has 7 heteroatoms. The third kappa shape index (κ3) is 5.28. The summed E-state index contributed by atoms with van der Waals surface area (Å²) >= 11 is 0. The van der Waals surface area contributed by atoms with E-state index in [1.54, 1.807) is 36.7 Å². The molecule has 2 N–H and O–H groups in total. The molecule has 1 aromatic heterocycles. The number of aromatic nitrogens is 1. The average Bonchev–Trinajstić information content (AvgIpc) is 2.61. The van der Waals surface area contributed by atoms with E-state index in [-0.39, 0.29) is 18.8 Å². The van der Waals surface area contributed by atoms with Gasteiger partial charge in [0.15, 0.2) is 0 Å². The average molecular weight is 330 g/mol. The van der Waals surface area contributed by atoms with E-state index in [9.17, 15) is 14.7 Å². The molecular formula is C17H18N2O5. The minimum Gasteiger partial charge on any atom is -0.508 e. The van der Waals surface area contributed by atoms with Crippen molar-refractivity contribution in [3.63, 3.8) is 0 Å². The van der Waals surface area contributed by atoms with E-state index in [0.717, 1.165) is 11.1 Å². The number of methoxy groups -OCH3 is 1. The van der Waals surface area contributed by atoms with Crippen molar-refractivity contribution in [2.45, 2.75) is 19.1 Å². The zero-order valence-electron chi connectivity index (χ0n) is 13.1. The second kappa shape index (κ2) is 8.52. The van der Waals surface area contributed by atoms with E-state index >= 15 is 0 Å². The number of alkyl carbamates (subject to hydrolysis) is 1. The van der Waals surface area contributed by atoms with Crippen molar-refractivity contribution in [3.05, 3.63) is 59.9 Å². The summed E-state index contributed by atoms with van der Waals surface area (Å²) in [5.74, 6) is -0.456. The molecule has 1 unspecified atom stereocenters. The topological polar surface area (TPSA) is 97.8 Å². The van der Waals surface area contributed by atoms with Gasteiger partial charge in [0, 0.05) is 18.8 Å². The number of hydrogen-bond donors (Lipinski definition) is 2. The maximum Gasteiger partial charge on any atom is 0.408 e. The summed E-state index contributed by atoms with van der Waals surface area (Å²) in [6.07, 6.45) is 2.69. The third-order valence-electron chi connectivity index (χ3n) is 3.27. The van der Waals surface area contributed by atoms with Gasteiger partial charge in [-0.05, 0) is 35.4 Å². The first-order valence-corrected chi connectivity index (χ1v) is 7.26. The first-order chi connectivity index (χ1) is 11.6. The zero-order chi connectivity index (χ0) is 17.4. The fourth-order valence-electron chi connectivity index (χ4n) is 2.02. The molecule has 126 valence electrons. The Bertz CT molecular complexity index is 673. The highest BCUT2D eigenvalue weighted by molar-refractivity contribution is 5.81. The monoisotopic (exact) mass is 330 g/mol. The standard InChI is InChI=1S/C17H18N2O5/c1-23-16(21)15(10-12-2-4-14(20)5-3-12)19-17(22)24-11-13-6-8-18-9-7-13/h2-9,15,20H,10-11H2,1H3,(H,19,22). The summed E-state index contributed by atoms with van der Waals surface area (Å²) in [6.45, 7) is 0.0709. The predicted octanol–water partition coefficient (Wildman–Crippen LogP) is 1.80. The fourth-order valence-corrected chi connectivity index (χ4v) is 2.02. The number of nitrogens with zero attached hydrogens (tertiary/aromatic N) is 1. The molecule has 1 heterocycles. The fraction of sp³-hybridized carbons (Fsp3) is 0.235. The van der Waals surface area contributed by atoms with Gasteiger partial charge in [-0.3, -0.25) is 4.98 Å². The minimum absolute atomic E-state index is 0.0709. The predicted molar refractivity (Wildman–Crippen MR) is 85.2 cm³/mol. The van der Waals surface area contributed by atoms with Gasteiger partial charge in [-0.25, -0.2) is 9.59 Å². The van der Waals surface area contributed by atoms with Crippen molar-refractivity contribution in [2.75, 3.05) is 7.11 Å². The van der Waals surface area contributed by atoms with Gasteiger partial charge in [0.25, 0.3) is 0 Å². The quantitative estimate of drug-likeness (QED) is 0.784. The molecule has 0 fully saturated rings. The number of pyridine rings is 1. The normalized spacial score (nSPS) is 11.4. The molecule has 0 aliphatic heterocycles. The summed E-state index contributed by atoms with van der Waals surface area (Å²) in [7, 11) is 1.25. The highest BCUT2D eigenvalue weighted by Crippen LogP contribution is 2.12. The van der Waals surface area contributed by atoms with Gasteiger partial charge >= 0.3 is 12.1 Å². The molecule has 1 atom stereocenters. The molecule has 2 aromatic rings. The molecule has 24 heavy (non-hydrogen) atoms. The number of rotatable bonds is 6. The molecule has 0 spiro atoms. The van der Waals surface area contributed by atoms with Crippen LogP contribution in [-0.2, 0) is 27.3 Å². The van der Waals surface area contributed by atoms with E-state index in [1.165, 1.54) is 19.2 Å². The van der Waals surface area contributed by atoms with Gasteiger partial charge in [-0.15, -0.1) is 0 Å². The molecule has 0 bridgehead atoms. The number of esters is 1. The van der Waals surface area contributed by atoms with Crippen LogP contribution in [-0.4, -0.2) is 35.3 Å². The third-order valence-corrected chi connectivity index (χ3v) is 3.27. The van der Waals surface area contributed by atoms with Crippen molar-refractivity contribution >= 4 is 12.1 Å². The Balaban J connectivity index is 1.93. The van der Waals surface area contributed by atoms with Gasteiger partial charge in [0.05, 0.1) is 7.11 Å². The van der Waals surface area contributed by atoms with Crippen molar-refractivity contribution in [2.24, 2.45) is 0 Å². The van der Waals surface area contributed by atoms with Crippen LogP contribution >= 0.6 is 0 Å².